The first-order valence-electron chi connectivity index (χ1n) is 10.9. The fourth-order valence-corrected chi connectivity index (χ4v) is 5.84. The molecule has 1 saturated heterocycles. The number of aliphatic carboxylic acids is 1. The second kappa shape index (κ2) is 8.18. The summed E-state index contributed by atoms with van der Waals surface area (Å²) in [5.41, 5.74) is 9.22. The van der Waals surface area contributed by atoms with Crippen molar-refractivity contribution in [3.63, 3.8) is 0 Å². The highest BCUT2D eigenvalue weighted by Crippen LogP contribution is 2.40. The Morgan fingerprint density at radius 2 is 1.97 bits per heavy atom. The molecule has 1 atom stereocenters. The highest BCUT2D eigenvalue weighted by molar-refractivity contribution is 7.18. The van der Waals surface area contributed by atoms with Crippen LogP contribution in [-0.2, 0) is 29.0 Å². The van der Waals surface area contributed by atoms with Crippen LogP contribution in [0.4, 0.5) is 5.69 Å². The van der Waals surface area contributed by atoms with E-state index in [1.165, 1.54) is 0 Å². The SMILES string of the molecule is N[C@H]1CCN(c2ccc3sc(CNC(=O)C4(CC(=O)O)Cc5ccccc5C4)nc3c2)C1. The zero-order valence-corrected chi connectivity index (χ0v) is 18.5. The molecule has 7 nitrogen and oxygen atoms in total. The number of benzene rings is 2. The number of anilines is 1. The second-order valence-corrected chi connectivity index (χ2v) is 10.0. The molecule has 0 radical (unpaired) electrons. The Hall–Kier alpha value is -2.97. The molecule has 4 N–H and O–H groups in total. The molecule has 1 aliphatic carbocycles. The number of thiazole rings is 1. The van der Waals surface area contributed by atoms with Crippen LogP contribution >= 0.6 is 11.3 Å². The van der Waals surface area contributed by atoms with E-state index < -0.39 is 11.4 Å². The topological polar surface area (TPSA) is 109 Å². The average Bonchev–Trinajstić information content (AvgIpc) is 3.46. The number of carbonyl (C=O) groups excluding carboxylic acids is 1. The fourth-order valence-electron chi connectivity index (χ4n) is 4.95. The van der Waals surface area contributed by atoms with Crippen LogP contribution < -0.4 is 16.0 Å². The van der Waals surface area contributed by atoms with Gasteiger partial charge in [0.05, 0.1) is 28.6 Å². The lowest BCUT2D eigenvalue weighted by molar-refractivity contribution is -0.145. The molecule has 0 bridgehead atoms. The van der Waals surface area contributed by atoms with Gasteiger partial charge in [-0.15, -0.1) is 11.3 Å². The largest absolute Gasteiger partial charge is 0.481 e. The van der Waals surface area contributed by atoms with Gasteiger partial charge in [0.15, 0.2) is 0 Å². The highest BCUT2D eigenvalue weighted by atomic mass is 32.1. The molecular formula is C24H26N4O3S. The van der Waals surface area contributed by atoms with Crippen LogP contribution in [-0.4, -0.2) is 41.1 Å². The molecule has 2 aromatic carbocycles. The third-order valence-corrected chi connectivity index (χ3v) is 7.59. The number of carboxylic acid groups (broad SMARTS) is 1. The minimum absolute atomic E-state index is 0.186. The van der Waals surface area contributed by atoms with E-state index in [9.17, 15) is 14.7 Å². The van der Waals surface area contributed by atoms with Crippen molar-refractivity contribution in [1.29, 1.82) is 0 Å². The summed E-state index contributed by atoms with van der Waals surface area (Å²) < 4.78 is 1.06. The number of rotatable bonds is 6. The van der Waals surface area contributed by atoms with Crippen LogP contribution in [0, 0.1) is 5.41 Å². The zero-order valence-electron chi connectivity index (χ0n) is 17.7. The Morgan fingerprint density at radius 1 is 1.22 bits per heavy atom. The summed E-state index contributed by atoms with van der Waals surface area (Å²) in [6, 6.07) is 14.3. The number of fused-ring (bicyclic) bond motifs is 2. The summed E-state index contributed by atoms with van der Waals surface area (Å²) in [5, 5.41) is 13.3. The third-order valence-electron chi connectivity index (χ3n) is 6.55. The molecule has 2 aliphatic rings. The number of carbonyl (C=O) groups is 2. The van der Waals surface area contributed by atoms with Crippen LogP contribution in [0.2, 0.25) is 0 Å². The number of hydrogen-bond donors (Lipinski definition) is 3. The molecule has 1 aliphatic heterocycles. The predicted molar refractivity (Wildman–Crippen MR) is 125 cm³/mol. The molecule has 1 fully saturated rings. The van der Waals surface area contributed by atoms with Gasteiger partial charge < -0.3 is 21.1 Å². The fraction of sp³-hybridized carbons (Fsp3) is 0.375. The quantitative estimate of drug-likeness (QED) is 0.533. The van der Waals surface area contributed by atoms with Crippen molar-refractivity contribution in [3.05, 3.63) is 58.6 Å². The van der Waals surface area contributed by atoms with Crippen molar-refractivity contribution in [2.75, 3.05) is 18.0 Å². The second-order valence-electron chi connectivity index (χ2n) is 8.91. The van der Waals surface area contributed by atoms with Gasteiger partial charge in [-0.2, -0.15) is 0 Å². The Kier molecular flexibility index (Phi) is 5.35. The maximum atomic E-state index is 13.2. The molecular weight excluding hydrogens is 424 g/mol. The maximum Gasteiger partial charge on any atom is 0.304 e. The van der Waals surface area contributed by atoms with Crippen LogP contribution in [0.5, 0.6) is 0 Å². The predicted octanol–water partition coefficient (Wildman–Crippen LogP) is 2.71. The lowest BCUT2D eigenvalue weighted by atomic mass is 9.80. The number of nitrogens with zero attached hydrogens (tertiary/aromatic N) is 2. The van der Waals surface area contributed by atoms with Gasteiger partial charge in [-0.25, -0.2) is 4.98 Å². The number of aromatic nitrogens is 1. The summed E-state index contributed by atoms with van der Waals surface area (Å²) in [6.45, 7) is 2.10. The number of carboxylic acids is 1. The van der Waals surface area contributed by atoms with Gasteiger partial charge in [0.1, 0.15) is 5.01 Å². The molecule has 5 rings (SSSR count). The maximum absolute atomic E-state index is 13.2. The number of nitrogens with one attached hydrogen (secondary N) is 1. The number of hydrogen-bond acceptors (Lipinski definition) is 6. The smallest absolute Gasteiger partial charge is 0.304 e. The molecule has 32 heavy (non-hydrogen) atoms. The highest BCUT2D eigenvalue weighted by Gasteiger charge is 2.45. The first-order chi connectivity index (χ1) is 15.4. The molecule has 1 amide bonds. The molecule has 0 saturated carbocycles. The minimum atomic E-state index is -0.956. The summed E-state index contributed by atoms with van der Waals surface area (Å²) in [5.74, 6) is -1.18. The molecule has 166 valence electrons. The lowest BCUT2D eigenvalue weighted by Gasteiger charge is -2.25. The third kappa shape index (κ3) is 3.96. The first-order valence-corrected chi connectivity index (χ1v) is 11.7. The van der Waals surface area contributed by atoms with E-state index in [4.69, 9.17) is 10.7 Å². The molecule has 8 heteroatoms. The number of nitrogens with two attached hydrogens (primary N) is 1. The van der Waals surface area contributed by atoms with E-state index >= 15 is 0 Å². The van der Waals surface area contributed by atoms with Crippen molar-refractivity contribution in [2.24, 2.45) is 11.1 Å². The Balaban J connectivity index is 1.31. The summed E-state index contributed by atoms with van der Waals surface area (Å²) in [6.07, 6.45) is 1.70. The Bertz CT molecular complexity index is 1170. The van der Waals surface area contributed by atoms with Crippen LogP contribution in [0.3, 0.4) is 0 Å². The van der Waals surface area contributed by atoms with E-state index in [0.717, 1.165) is 51.5 Å². The monoisotopic (exact) mass is 450 g/mol. The van der Waals surface area contributed by atoms with Gasteiger partial charge in [-0.1, -0.05) is 24.3 Å². The van der Waals surface area contributed by atoms with Crippen molar-refractivity contribution in [2.45, 2.75) is 38.3 Å². The van der Waals surface area contributed by atoms with Crippen LogP contribution in [0.15, 0.2) is 42.5 Å². The van der Waals surface area contributed by atoms with Gasteiger partial charge >= 0.3 is 5.97 Å². The summed E-state index contributed by atoms with van der Waals surface area (Å²) in [4.78, 5) is 31.8. The normalized spacial score (nSPS) is 19.3. The standard InChI is InChI=1S/C24H26N4O3S/c25-17-7-8-28(14-17)18-5-6-20-19(9-18)27-21(32-20)13-26-23(31)24(12-22(29)30)10-15-3-1-2-4-16(15)11-24/h1-6,9,17H,7-8,10-14,25H2,(H,26,31)(H,29,30)/t17-/m0/s1. The zero-order chi connectivity index (χ0) is 22.3. The van der Waals surface area contributed by atoms with Gasteiger partial charge in [-0.3, -0.25) is 9.59 Å². The summed E-state index contributed by atoms with van der Waals surface area (Å²) >= 11 is 1.55. The van der Waals surface area contributed by atoms with Crippen molar-refractivity contribution >= 4 is 39.1 Å². The van der Waals surface area contributed by atoms with Gasteiger partial charge in [0, 0.05) is 24.8 Å². The van der Waals surface area contributed by atoms with E-state index in [-0.39, 0.29) is 18.4 Å². The van der Waals surface area contributed by atoms with Crippen molar-refractivity contribution in [1.82, 2.24) is 10.3 Å². The van der Waals surface area contributed by atoms with Gasteiger partial charge in [-0.05, 0) is 48.6 Å². The van der Waals surface area contributed by atoms with E-state index in [1.807, 2.05) is 24.3 Å². The van der Waals surface area contributed by atoms with E-state index in [2.05, 4.69) is 28.4 Å². The summed E-state index contributed by atoms with van der Waals surface area (Å²) in [7, 11) is 0. The van der Waals surface area contributed by atoms with Gasteiger partial charge in [0.25, 0.3) is 0 Å². The first kappa shape index (κ1) is 20.9. The molecule has 3 aromatic rings. The molecule has 0 unspecified atom stereocenters. The minimum Gasteiger partial charge on any atom is -0.481 e. The van der Waals surface area contributed by atoms with Crippen LogP contribution in [0.1, 0.15) is 29.0 Å². The number of amides is 1. The lowest BCUT2D eigenvalue weighted by Crippen LogP contribution is -2.43. The van der Waals surface area contributed by atoms with Crippen molar-refractivity contribution in [3.8, 4) is 0 Å². The molecule has 1 aromatic heterocycles. The Labute approximate surface area is 190 Å². The Morgan fingerprint density at radius 3 is 2.62 bits per heavy atom. The van der Waals surface area contributed by atoms with E-state index in [1.54, 1.807) is 11.3 Å². The van der Waals surface area contributed by atoms with Gasteiger partial charge in [0.2, 0.25) is 5.91 Å². The van der Waals surface area contributed by atoms with Crippen molar-refractivity contribution < 1.29 is 14.7 Å². The average molecular weight is 451 g/mol. The molecule has 2 heterocycles. The molecule has 0 spiro atoms. The van der Waals surface area contributed by atoms with Crippen LogP contribution in [0.25, 0.3) is 10.2 Å². The van der Waals surface area contributed by atoms with E-state index in [0.29, 0.717) is 19.4 Å².